The average molecular weight is 221 g/mol. The van der Waals surface area contributed by atoms with Crippen LogP contribution in [0.5, 0.6) is 0 Å². The molecule has 0 unspecified atom stereocenters. The van der Waals surface area contributed by atoms with Gasteiger partial charge in [0.05, 0.1) is 15.9 Å². The van der Waals surface area contributed by atoms with Gasteiger partial charge in [-0.2, -0.15) is 10.6 Å². The number of benzene rings is 1. The van der Waals surface area contributed by atoms with E-state index in [0.29, 0.717) is 6.07 Å². The van der Waals surface area contributed by atoms with Crippen LogP contribution in [0.4, 0.5) is 10.1 Å². The number of nitro benzene ring substituents is 1. The summed E-state index contributed by atoms with van der Waals surface area (Å²) in [6.45, 7) is 0. The van der Waals surface area contributed by atoms with E-state index in [-0.39, 0.29) is 4.90 Å². The van der Waals surface area contributed by atoms with Crippen LogP contribution >= 0.6 is 10.6 Å². The second-order valence-corrected chi connectivity index (χ2v) is 4.81. The largest absolute Gasteiger partial charge is 0.295 e. The van der Waals surface area contributed by atoms with E-state index in [1.54, 1.807) is 0 Å². The fourth-order valence-corrected chi connectivity index (χ4v) is 1.67. The van der Waals surface area contributed by atoms with Gasteiger partial charge in [-0.25, -0.2) is 4.39 Å². The van der Waals surface area contributed by atoms with Crippen LogP contribution in [-0.2, 0) is 0 Å². The van der Waals surface area contributed by atoms with Crippen LogP contribution in [0.25, 0.3) is 0 Å². The Kier molecular flexibility index (Phi) is 2.74. The molecule has 0 aromatic heterocycles. The van der Waals surface area contributed by atoms with Gasteiger partial charge in [0.15, 0.2) is 5.82 Å². The maximum Gasteiger partial charge on any atom is 0.272 e. The van der Waals surface area contributed by atoms with E-state index in [2.05, 4.69) is 0 Å². The van der Waals surface area contributed by atoms with Crippen molar-refractivity contribution in [2.75, 3.05) is 6.26 Å². The summed E-state index contributed by atoms with van der Waals surface area (Å²) in [6, 6.07) is 2.69. The van der Waals surface area contributed by atoms with Crippen molar-refractivity contribution >= 4 is 16.3 Å². The minimum absolute atomic E-state index is 0.317. The first-order valence-electron chi connectivity index (χ1n) is 3.49. The summed E-state index contributed by atoms with van der Waals surface area (Å²) in [7, 11) is -3.17. The molecule has 0 aliphatic heterocycles. The zero-order valence-electron chi connectivity index (χ0n) is 7.18. The molecule has 5 nitrogen and oxygen atoms in total. The summed E-state index contributed by atoms with van der Waals surface area (Å²) in [5, 5.41) is 10.2. The third-order valence-electron chi connectivity index (χ3n) is 1.54. The summed E-state index contributed by atoms with van der Waals surface area (Å²) >= 11 is 0. The Morgan fingerprint density at radius 3 is 2.43 bits per heavy atom. The molecule has 7 heteroatoms. The molecule has 0 saturated carbocycles. The molecule has 1 rings (SSSR count). The van der Waals surface area contributed by atoms with Crippen molar-refractivity contribution in [2.45, 2.75) is 4.90 Å². The Morgan fingerprint density at radius 2 is 2.07 bits per heavy atom. The Morgan fingerprint density at radius 1 is 1.50 bits per heavy atom. The monoisotopic (exact) mass is 221 g/mol. The molecule has 0 aliphatic carbocycles. The molecule has 2 N–H and O–H groups in total. The van der Waals surface area contributed by atoms with E-state index in [0.717, 1.165) is 18.4 Å². The van der Waals surface area contributed by atoms with Gasteiger partial charge in [0, 0.05) is 12.3 Å². The molecule has 0 fully saturated rings. The van der Waals surface area contributed by atoms with Gasteiger partial charge in [0.25, 0.3) is 5.69 Å². The molecular formula is C7H8FNO4S. The molecule has 0 aliphatic rings. The molecule has 0 amide bonds. The Labute approximate surface area is 80.7 Å². The van der Waals surface area contributed by atoms with Gasteiger partial charge in [0.1, 0.15) is 0 Å². The lowest BCUT2D eigenvalue weighted by Crippen LogP contribution is -1.99. The lowest BCUT2D eigenvalue weighted by molar-refractivity contribution is -0.385. The summed E-state index contributed by atoms with van der Waals surface area (Å²) in [4.78, 5) is 9.16. The van der Waals surface area contributed by atoms with Crippen LogP contribution in [0.2, 0.25) is 0 Å². The second-order valence-electron chi connectivity index (χ2n) is 2.71. The molecule has 0 spiro atoms. The Hall–Kier alpha value is -1.18. The number of rotatable bonds is 2. The molecule has 0 heterocycles. The predicted octanol–water partition coefficient (Wildman–Crippen LogP) is 2.47. The van der Waals surface area contributed by atoms with Gasteiger partial charge in [0.2, 0.25) is 0 Å². The standard InChI is InChI=1S/C7H8FNO4S/c1-14(12,13)7-3-2-5(9(10)11)4-6(7)8/h2-4,12-13H,1H3. The van der Waals surface area contributed by atoms with Gasteiger partial charge < -0.3 is 0 Å². The van der Waals surface area contributed by atoms with Crippen molar-refractivity contribution in [3.8, 4) is 0 Å². The van der Waals surface area contributed by atoms with Crippen LogP contribution in [0.15, 0.2) is 23.1 Å². The van der Waals surface area contributed by atoms with Crippen molar-refractivity contribution in [3.05, 3.63) is 34.1 Å². The summed E-state index contributed by atoms with van der Waals surface area (Å²) < 4.78 is 31.4. The highest BCUT2D eigenvalue weighted by Crippen LogP contribution is 2.45. The van der Waals surface area contributed by atoms with E-state index in [1.807, 2.05) is 0 Å². The van der Waals surface area contributed by atoms with E-state index < -0.39 is 27.0 Å². The molecule has 14 heavy (non-hydrogen) atoms. The number of nitrogens with zero attached hydrogens (tertiary/aromatic N) is 1. The van der Waals surface area contributed by atoms with E-state index in [4.69, 9.17) is 9.11 Å². The number of hydrogen-bond donors (Lipinski definition) is 2. The smallest absolute Gasteiger partial charge is 0.272 e. The highest BCUT2D eigenvalue weighted by atomic mass is 32.3. The average Bonchev–Trinajstić information content (AvgIpc) is 2.01. The fourth-order valence-electron chi connectivity index (χ4n) is 0.917. The normalized spacial score (nSPS) is 12.6. The SMILES string of the molecule is CS(O)(O)c1ccc([N+](=O)[O-])cc1F. The quantitative estimate of drug-likeness (QED) is 0.593. The molecule has 1 aromatic rings. The number of halogens is 1. The highest BCUT2D eigenvalue weighted by molar-refractivity contribution is 8.23. The summed E-state index contributed by atoms with van der Waals surface area (Å²) in [5.41, 5.74) is -0.421. The molecule has 0 atom stereocenters. The minimum atomic E-state index is -3.17. The highest BCUT2D eigenvalue weighted by Gasteiger charge is 2.17. The molecule has 0 bridgehead atoms. The molecule has 1 aromatic carbocycles. The number of nitro groups is 1. The first kappa shape index (κ1) is 10.9. The predicted molar refractivity (Wildman–Crippen MR) is 50.1 cm³/mol. The van der Waals surface area contributed by atoms with Crippen molar-refractivity contribution < 1.29 is 18.4 Å². The van der Waals surface area contributed by atoms with E-state index in [1.165, 1.54) is 0 Å². The van der Waals surface area contributed by atoms with Crippen LogP contribution in [0, 0.1) is 15.9 Å². The maximum atomic E-state index is 13.1. The van der Waals surface area contributed by atoms with E-state index in [9.17, 15) is 14.5 Å². The first-order valence-corrected chi connectivity index (χ1v) is 5.45. The summed E-state index contributed by atoms with van der Waals surface area (Å²) in [5.74, 6) is -0.985. The van der Waals surface area contributed by atoms with Crippen molar-refractivity contribution in [3.63, 3.8) is 0 Å². The van der Waals surface area contributed by atoms with Gasteiger partial charge in [-0.3, -0.25) is 19.2 Å². The van der Waals surface area contributed by atoms with Gasteiger partial charge in [-0.05, 0) is 6.07 Å². The minimum Gasteiger partial charge on any atom is -0.295 e. The molecule has 0 saturated heterocycles. The molecular weight excluding hydrogens is 213 g/mol. The third-order valence-corrected chi connectivity index (χ3v) is 2.71. The molecule has 0 radical (unpaired) electrons. The van der Waals surface area contributed by atoms with Crippen molar-refractivity contribution in [2.24, 2.45) is 0 Å². The van der Waals surface area contributed by atoms with Crippen LogP contribution in [0.1, 0.15) is 0 Å². The van der Waals surface area contributed by atoms with E-state index >= 15 is 0 Å². The first-order chi connectivity index (χ1) is 6.32. The van der Waals surface area contributed by atoms with Gasteiger partial charge >= 0.3 is 0 Å². The van der Waals surface area contributed by atoms with Crippen LogP contribution in [0.3, 0.4) is 0 Å². The fraction of sp³-hybridized carbons (Fsp3) is 0.143. The topological polar surface area (TPSA) is 83.6 Å². The van der Waals surface area contributed by atoms with Crippen LogP contribution < -0.4 is 0 Å². The zero-order valence-corrected chi connectivity index (χ0v) is 7.99. The number of non-ortho nitro benzene ring substituents is 1. The van der Waals surface area contributed by atoms with Gasteiger partial charge in [-0.1, -0.05) is 0 Å². The lowest BCUT2D eigenvalue weighted by Gasteiger charge is -2.26. The Balaban J connectivity index is 3.21. The summed E-state index contributed by atoms with van der Waals surface area (Å²) in [6.07, 6.45) is 1.05. The van der Waals surface area contributed by atoms with Crippen molar-refractivity contribution in [1.82, 2.24) is 0 Å². The lowest BCUT2D eigenvalue weighted by atomic mass is 10.3. The van der Waals surface area contributed by atoms with Crippen LogP contribution in [-0.4, -0.2) is 20.3 Å². The molecule has 78 valence electrons. The van der Waals surface area contributed by atoms with Crippen molar-refractivity contribution in [1.29, 1.82) is 0 Å². The second kappa shape index (κ2) is 3.52. The third kappa shape index (κ3) is 2.19. The van der Waals surface area contributed by atoms with Gasteiger partial charge in [-0.15, -0.1) is 0 Å². The zero-order chi connectivity index (χ0) is 10.9. The Bertz CT molecular complexity index is 376. The maximum absolute atomic E-state index is 13.1. The number of hydrogen-bond acceptors (Lipinski definition) is 4.